The third-order valence-electron chi connectivity index (χ3n) is 5.47. The molecule has 0 spiro atoms. The van der Waals surface area contributed by atoms with Gasteiger partial charge in [0.25, 0.3) is 0 Å². The Hall–Kier alpha value is 1.83. The summed E-state index contributed by atoms with van der Waals surface area (Å²) in [5.41, 5.74) is 0. The van der Waals surface area contributed by atoms with E-state index < -0.39 is 16.1 Å². The highest BCUT2D eigenvalue weighted by Crippen LogP contribution is 2.54. The van der Waals surface area contributed by atoms with E-state index in [1.807, 2.05) is 0 Å². The van der Waals surface area contributed by atoms with Crippen LogP contribution >= 0.6 is 47.0 Å². The van der Waals surface area contributed by atoms with Crippen LogP contribution in [0.5, 0.6) is 0 Å². The van der Waals surface area contributed by atoms with Crippen molar-refractivity contribution in [3.8, 4) is 0 Å². The second kappa shape index (κ2) is 8.89. The molecule has 0 aromatic heterocycles. The summed E-state index contributed by atoms with van der Waals surface area (Å²) in [4.78, 5) is 0. The van der Waals surface area contributed by atoms with E-state index in [9.17, 15) is 0 Å². The quantitative estimate of drug-likeness (QED) is 0.299. The average molecular weight is 439 g/mol. The Labute approximate surface area is 170 Å². The zero-order chi connectivity index (χ0) is 17.9. The van der Waals surface area contributed by atoms with Crippen molar-refractivity contribution in [2.75, 3.05) is 23.0 Å². The molecule has 0 radical (unpaired) electrons. The standard InChI is InChI=1S/C18H38S4Si2/c1-23(2,3)17(19-13-9-14-20-17)11-7-8-12-18(24(4,5)6)21-15-10-16-22-18/h7-16H2,1-6H3. The monoisotopic (exact) mass is 438 g/mol. The van der Waals surface area contributed by atoms with Crippen LogP contribution in [0.3, 0.4) is 0 Å². The van der Waals surface area contributed by atoms with E-state index in [0.29, 0.717) is 7.40 Å². The van der Waals surface area contributed by atoms with E-state index in [1.165, 1.54) is 61.5 Å². The predicted molar refractivity (Wildman–Crippen MR) is 130 cm³/mol. The molecule has 2 fully saturated rings. The fraction of sp³-hybridized carbons (Fsp3) is 1.00. The van der Waals surface area contributed by atoms with Gasteiger partial charge in [-0.15, -0.1) is 47.0 Å². The van der Waals surface area contributed by atoms with Gasteiger partial charge in [-0.1, -0.05) is 52.1 Å². The van der Waals surface area contributed by atoms with Crippen LogP contribution in [0.1, 0.15) is 38.5 Å². The van der Waals surface area contributed by atoms with Gasteiger partial charge in [0.05, 0.1) is 23.6 Å². The zero-order valence-electron chi connectivity index (χ0n) is 16.7. The SMILES string of the molecule is C[Si](C)(C)C1(CCCCC2([Si](C)(C)C)SCCCS2)SCCCS1. The fourth-order valence-corrected chi connectivity index (χ4v) is 19.4. The largest absolute Gasteiger partial charge is 0.148 e. The van der Waals surface area contributed by atoms with Crippen LogP contribution in [-0.4, -0.2) is 46.6 Å². The molecule has 0 bridgehead atoms. The summed E-state index contributed by atoms with van der Waals surface area (Å²) in [5, 5.41) is 0. The smallest absolute Gasteiger partial charge is 0.0752 e. The van der Waals surface area contributed by atoms with Gasteiger partial charge in [0.2, 0.25) is 0 Å². The van der Waals surface area contributed by atoms with Crippen LogP contribution in [0.25, 0.3) is 0 Å². The summed E-state index contributed by atoms with van der Waals surface area (Å²) >= 11 is 9.32. The van der Waals surface area contributed by atoms with Crippen LogP contribution in [0.4, 0.5) is 0 Å². The summed E-state index contributed by atoms with van der Waals surface area (Å²) in [6.07, 6.45) is 8.70. The van der Waals surface area contributed by atoms with Crippen LogP contribution < -0.4 is 0 Å². The molecule has 0 aromatic rings. The van der Waals surface area contributed by atoms with Crippen molar-refractivity contribution >= 4 is 63.2 Å². The van der Waals surface area contributed by atoms with Gasteiger partial charge >= 0.3 is 0 Å². The topological polar surface area (TPSA) is 0 Å². The van der Waals surface area contributed by atoms with Crippen LogP contribution in [0, 0.1) is 0 Å². The van der Waals surface area contributed by atoms with Crippen molar-refractivity contribution in [1.82, 2.24) is 0 Å². The molecule has 2 rings (SSSR count). The Morgan fingerprint density at radius 2 is 0.875 bits per heavy atom. The highest BCUT2D eigenvalue weighted by atomic mass is 32.2. The highest BCUT2D eigenvalue weighted by Gasteiger charge is 2.47. The lowest BCUT2D eigenvalue weighted by Crippen LogP contribution is -2.49. The minimum atomic E-state index is -1.13. The van der Waals surface area contributed by atoms with E-state index in [1.54, 1.807) is 0 Å². The number of unbranched alkanes of at least 4 members (excludes halogenated alkanes) is 1. The van der Waals surface area contributed by atoms with Crippen LogP contribution in [-0.2, 0) is 0 Å². The zero-order valence-corrected chi connectivity index (χ0v) is 22.0. The van der Waals surface area contributed by atoms with Crippen molar-refractivity contribution in [3.63, 3.8) is 0 Å². The molecule has 0 saturated carbocycles. The summed E-state index contributed by atoms with van der Waals surface area (Å²) in [6.45, 7) is 15.6. The van der Waals surface area contributed by atoms with E-state index in [2.05, 4.69) is 86.3 Å². The first-order chi connectivity index (χ1) is 11.1. The lowest BCUT2D eigenvalue weighted by Gasteiger charge is -2.47. The van der Waals surface area contributed by atoms with Gasteiger partial charge in [-0.3, -0.25) is 0 Å². The van der Waals surface area contributed by atoms with Crippen molar-refractivity contribution < 1.29 is 0 Å². The molecule has 2 aliphatic rings. The van der Waals surface area contributed by atoms with Gasteiger partial charge in [-0.25, -0.2) is 0 Å². The third-order valence-corrected chi connectivity index (χ3v) is 25.7. The number of hydrogen-bond acceptors (Lipinski definition) is 4. The molecule has 0 unspecified atom stereocenters. The third kappa shape index (κ3) is 5.21. The first-order valence-corrected chi connectivity index (χ1v) is 20.6. The fourth-order valence-electron chi connectivity index (χ4n) is 3.77. The first kappa shape index (κ1) is 22.1. The Morgan fingerprint density at radius 3 is 1.12 bits per heavy atom. The summed E-state index contributed by atoms with van der Waals surface area (Å²) in [5.74, 6) is 5.62. The molecule has 0 aromatic carbocycles. The molecule has 0 aliphatic carbocycles. The minimum absolute atomic E-state index is 0.602. The van der Waals surface area contributed by atoms with Crippen molar-refractivity contribution in [2.45, 2.75) is 85.2 Å². The van der Waals surface area contributed by atoms with Crippen molar-refractivity contribution in [3.05, 3.63) is 0 Å². The molecule has 2 saturated heterocycles. The number of rotatable bonds is 7. The van der Waals surface area contributed by atoms with Gasteiger partial charge in [0, 0.05) is 0 Å². The Morgan fingerprint density at radius 1 is 0.583 bits per heavy atom. The van der Waals surface area contributed by atoms with Gasteiger partial charge in [0.15, 0.2) is 0 Å². The van der Waals surface area contributed by atoms with E-state index in [0.717, 1.165) is 0 Å². The highest BCUT2D eigenvalue weighted by molar-refractivity contribution is 8.21. The van der Waals surface area contributed by atoms with Crippen molar-refractivity contribution in [1.29, 1.82) is 0 Å². The molecular weight excluding hydrogens is 401 g/mol. The molecule has 0 atom stereocenters. The van der Waals surface area contributed by atoms with Crippen LogP contribution in [0.15, 0.2) is 0 Å². The van der Waals surface area contributed by atoms with Gasteiger partial charge in [-0.2, -0.15) is 0 Å². The lowest BCUT2D eigenvalue weighted by molar-refractivity contribution is 0.651. The molecule has 0 amide bonds. The maximum atomic E-state index is 2.61. The summed E-state index contributed by atoms with van der Waals surface area (Å²) in [6, 6.07) is 0. The predicted octanol–water partition coefficient (Wildman–Crippen LogP) is 7.43. The molecule has 2 heterocycles. The second-order valence-electron chi connectivity index (χ2n) is 9.31. The first-order valence-electron chi connectivity index (χ1n) is 9.68. The molecule has 0 N–H and O–H groups in total. The molecular formula is C18H38S4Si2. The summed E-state index contributed by atoms with van der Waals surface area (Å²) in [7, 11) is -2.25. The van der Waals surface area contributed by atoms with Gasteiger partial charge < -0.3 is 0 Å². The Kier molecular flexibility index (Phi) is 8.20. The molecule has 0 nitrogen and oxygen atoms in total. The molecule has 142 valence electrons. The normalized spacial score (nSPS) is 24.8. The molecule has 2 aliphatic heterocycles. The average Bonchev–Trinajstić information content (AvgIpc) is 2.51. The second-order valence-corrected chi connectivity index (χ2v) is 27.6. The summed E-state index contributed by atoms with van der Waals surface area (Å²) < 4.78 is 1.20. The maximum Gasteiger partial charge on any atom is 0.0752 e. The molecule has 6 heteroatoms. The Balaban J connectivity index is 1.92. The van der Waals surface area contributed by atoms with Gasteiger partial charge in [0.1, 0.15) is 0 Å². The number of thioether (sulfide) groups is 4. The van der Waals surface area contributed by atoms with E-state index >= 15 is 0 Å². The van der Waals surface area contributed by atoms with Crippen LogP contribution in [0.2, 0.25) is 39.3 Å². The lowest BCUT2D eigenvalue weighted by atomic mass is 10.2. The van der Waals surface area contributed by atoms with Gasteiger partial charge in [-0.05, 0) is 48.7 Å². The Bertz CT molecular complexity index is 351. The minimum Gasteiger partial charge on any atom is -0.148 e. The maximum absolute atomic E-state index is 2.61. The van der Waals surface area contributed by atoms with Crippen molar-refractivity contribution in [2.24, 2.45) is 0 Å². The number of hydrogen-bond donors (Lipinski definition) is 0. The molecule has 24 heavy (non-hydrogen) atoms. The van der Waals surface area contributed by atoms with E-state index in [4.69, 9.17) is 0 Å². The van der Waals surface area contributed by atoms with E-state index in [-0.39, 0.29) is 0 Å².